The number of nitrogens with one attached hydrogen (secondary N) is 2. The van der Waals surface area contributed by atoms with E-state index in [4.69, 9.17) is 4.78 Å². The van der Waals surface area contributed by atoms with Crippen molar-refractivity contribution in [3.63, 3.8) is 0 Å². The van der Waals surface area contributed by atoms with Crippen molar-refractivity contribution < 1.29 is 4.21 Å². The summed E-state index contributed by atoms with van der Waals surface area (Å²) in [4.78, 5) is 0.524. The van der Waals surface area contributed by atoms with Crippen molar-refractivity contribution in [2.75, 3.05) is 7.05 Å². The molecule has 3 nitrogen and oxygen atoms in total. The molecule has 1 aromatic carbocycles. The molecule has 0 heterocycles. The maximum absolute atomic E-state index is 11.4. The summed E-state index contributed by atoms with van der Waals surface area (Å²) in [5.74, 6) is 0. The summed E-state index contributed by atoms with van der Waals surface area (Å²) in [6.07, 6.45) is 0. The van der Waals surface area contributed by atoms with Crippen molar-refractivity contribution in [1.29, 1.82) is 4.78 Å². The Labute approximate surface area is 72.9 Å². The van der Waals surface area contributed by atoms with Crippen molar-refractivity contribution in [2.45, 2.75) is 11.8 Å². The van der Waals surface area contributed by atoms with Crippen LogP contribution in [0.5, 0.6) is 0 Å². The van der Waals surface area contributed by atoms with Crippen molar-refractivity contribution >= 4 is 9.92 Å². The molecule has 0 bridgehead atoms. The van der Waals surface area contributed by atoms with E-state index in [1.54, 1.807) is 12.1 Å². The Morgan fingerprint density at radius 2 is 1.83 bits per heavy atom. The first kappa shape index (κ1) is 9.22. The monoisotopic (exact) mass is 184 g/mol. The second-order valence-electron chi connectivity index (χ2n) is 2.57. The topological polar surface area (TPSA) is 53.0 Å². The van der Waals surface area contributed by atoms with Gasteiger partial charge in [-0.1, -0.05) is 17.7 Å². The molecule has 2 N–H and O–H groups in total. The zero-order valence-electron chi connectivity index (χ0n) is 7.13. The maximum Gasteiger partial charge on any atom is 0.134 e. The fourth-order valence-corrected chi connectivity index (χ4v) is 1.60. The van der Waals surface area contributed by atoms with Crippen LogP contribution in [0.25, 0.3) is 0 Å². The van der Waals surface area contributed by atoms with Gasteiger partial charge >= 0.3 is 0 Å². The fraction of sp³-hybridized carbons (Fsp3) is 0.250. The van der Waals surface area contributed by atoms with E-state index in [-0.39, 0.29) is 0 Å². The van der Waals surface area contributed by atoms with Gasteiger partial charge in [-0.25, -0.2) is 13.7 Å². The van der Waals surface area contributed by atoms with E-state index < -0.39 is 9.92 Å². The largest absolute Gasteiger partial charge is 0.236 e. The van der Waals surface area contributed by atoms with Gasteiger partial charge in [-0.15, -0.1) is 0 Å². The third kappa shape index (κ3) is 1.84. The SMILES string of the molecule is CNS(=N)(=O)c1ccc(C)cc1. The minimum absolute atomic E-state index is 0.524. The Morgan fingerprint density at radius 1 is 1.33 bits per heavy atom. The number of hydrogen-bond acceptors (Lipinski definition) is 2. The van der Waals surface area contributed by atoms with Crippen LogP contribution in [0, 0.1) is 11.7 Å². The third-order valence-corrected chi connectivity index (χ3v) is 3.15. The number of aryl methyl sites for hydroxylation is 1. The Morgan fingerprint density at radius 3 is 2.25 bits per heavy atom. The summed E-state index contributed by atoms with van der Waals surface area (Å²) < 4.78 is 21.3. The second-order valence-corrected chi connectivity index (χ2v) is 4.57. The standard InChI is InChI=1S/C8H12N2OS/c1-7-3-5-8(6-4-7)12(9,11)10-2/h3-6H,1-2H3,(H2,9,10,11). The van der Waals surface area contributed by atoms with Gasteiger partial charge in [0.05, 0.1) is 4.90 Å². The van der Waals surface area contributed by atoms with Crippen LogP contribution in [0.4, 0.5) is 0 Å². The first-order valence-corrected chi connectivity index (χ1v) is 5.16. The Balaban J connectivity index is 3.14. The molecule has 0 aliphatic heterocycles. The van der Waals surface area contributed by atoms with E-state index in [1.807, 2.05) is 19.1 Å². The molecule has 0 spiro atoms. The highest BCUT2D eigenvalue weighted by atomic mass is 32.2. The van der Waals surface area contributed by atoms with Crippen LogP contribution in [0.15, 0.2) is 29.2 Å². The van der Waals surface area contributed by atoms with Crippen molar-refractivity contribution in [1.82, 2.24) is 4.72 Å². The number of hydrogen-bond donors (Lipinski definition) is 2. The molecule has 12 heavy (non-hydrogen) atoms. The Kier molecular flexibility index (Phi) is 2.49. The molecule has 1 unspecified atom stereocenters. The van der Waals surface area contributed by atoms with Gasteiger partial charge in [0.25, 0.3) is 0 Å². The molecule has 0 fully saturated rings. The number of rotatable bonds is 2. The normalized spacial score (nSPS) is 15.5. The third-order valence-electron chi connectivity index (χ3n) is 1.64. The smallest absolute Gasteiger partial charge is 0.134 e. The highest BCUT2D eigenvalue weighted by Gasteiger charge is 2.04. The molecule has 0 aliphatic carbocycles. The summed E-state index contributed by atoms with van der Waals surface area (Å²) >= 11 is 0. The van der Waals surface area contributed by atoms with Crippen LogP contribution in [0.3, 0.4) is 0 Å². The zero-order chi connectivity index (χ0) is 9.19. The van der Waals surface area contributed by atoms with Crippen molar-refractivity contribution in [3.05, 3.63) is 29.8 Å². The highest BCUT2D eigenvalue weighted by molar-refractivity contribution is 7.90. The predicted molar refractivity (Wildman–Crippen MR) is 49.4 cm³/mol. The lowest BCUT2D eigenvalue weighted by atomic mass is 10.2. The van der Waals surface area contributed by atoms with E-state index in [9.17, 15) is 4.21 Å². The van der Waals surface area contributed by atoms with Gasteiger partial charge < -0.3 is 0 Å². The van der Waals surface area contributed by atoms with Crippen molar-refractivity contribution in [2.24, 2.45) is 0 Å². The lowest BCUT2D eigenvalue weighted by Gasteiger charge is -2.04. The molecule has 0 radical (unpaired) electrons. The first-order chi connectivity index (χ1) is 5.56. The molecule has 0 aliphatic rings. The van der Waals surface area contributed by atoms with Crippen LogP contribution in [0.2, 0.25) is 0 Å². The van der Waals surface area contributed by atoms with Gasteiger partial charge in [-0.3, -0.25) is 0 Å². The van der Waals surface area contributed by atoms with Gasteiger partial charge in [-0.05, 0) is 26.1 Å². The molecule has 1 rings (SSSR count). The van der Waals surface area contributed by atoms with Crippen LogP contribution in [0.1, 0.15) is 5.56 Å². The van der Waals surface area contributed by atoms with E-state index in [0.29, 0.717) is 4.90 Å². The molecular formula is C8H12N2OS. The quantitative estimate of drug-likeness (QED) is 0.719. The predicted octanol–water partition coefficient (Wildman–Crippen LogP) is 1.54. The molecule has 0 amide bonds. The summed E-state index contributed by atoms with van der Waals surface area (Å²) in [6, 6.07) is 7.12. The first-order valence-electron chi connectivity index (χ1n) is 3.60. The summed E-state index contributed by atoms with van der Waals surface area (Å²) in [7, 11) is -1.24. The highest BCUT2D eigenvalue weighted by Crippen LogP contribution is 2.09. The molecule has 0 saturated heterocycles. The Hall–Kier alpha value is -0.870. The fourth-order valence-electron chi connectivity index (χ4n) is 0.848. The average molecular weight is 184 g/mol. The van der Waals surface area contributed by atoms with Gasteiger partial charge in [0.1, 0.15) is 9.92 Å². The minimum atomic E-state index is -2.76. The Bertz CT molecular complexity index is 353. The lowest BCUT2D eigenvalue weighted by Crippen LogP contribution is -2.16. The molecule has 0 saturated carbocycles. The summed E-state index contributed by atoms with van der Waals surface area (Å²) in [5.41, 5.74) is 1.10. The van der Waals surface area contributed by atoms with E-state index in [2.05, 4.69) is 4.72 Å². The van der Waals surface area contributed by atoms with E-state index in [0.717, 1.165) is 5.56 Å². The molecular weight excluding hydrogens is 172 g/mol. The van der Waals surface area contributed by atoms with Gasteiger partial charge in [0.2, 0.25) is 0 Å². The van der Waals surface area contributed by atoms with Crippen molar-refractivity contribution in [3.8, 4) is 0 Å². The van der Waals surface area contributed by atoms with Gasteiger partial charge in [0.15, 0.2) is 0 Å². The van der Waals surface area contributed by atoms with E-state index in [1.165, 1.54) is 7.05 Å². The second kappa shape index (κ2) is 3.25. The van der Waals surface area contributed by atoms with Gasteiger partial charge in [0, 0.05) is 0 Å². The van der Waals surface area contributed by atoms with Crippen LogP contribution >= 0.6 is 0 Å². The number of benzene rings is 1. The maximum atomic E-state index is 11.4. The minimum Gasteiger partial charge on any atom is -0.236 e. The van der Waals surface area contributed by atoms with Crippen LogP contribution in [-0.2, 0) is 9.92 Å². The van der Waals surface area contributed by atoms with Crippen LogP contribution < -0.4 is 4.72 Å². The molecule has 4 heteroatoms. The average Bonchev–Trinajstić information content (AvgIpc) is 2.05. The molecule has 1 atom stereocenters. The molecule has 1 aromatic rings. The molecule has 0 aromatic heterocycles. The summed E-state index contributed by atoms with van der Waals surface area (Å²) in [6.45, 7) is 1.95. The summed E-state index contributed by atoms with van der Waals surface area (Å²) in [5, 5.41) is 0. The zero-order valence-corrected chi connectivity index (χ0v) is 7.94. The van der Waals surface area contributed by atoms with Crippen LogP contribution in [-0.4, -0.2) is 11.3 Å². The van der Waals surface area contributed by atoms with E-state index >= 15 is 0 Å². The lowest BCUT2D eigenvalue weighted by molar-refractivity contribution is 0.668. The molecule has 66 valence electrons. The van der Waals surface area contributed by atoms with Gasteiger partial charge in [-0.2, -0.15) is 0 Å².